The van der Waals surface area contributed by atoms with E-state index in [0.717, 1.165) is 46.1 Å². The molecule has 0 N–H and O–H groups in total. The molecule has 6 nitrogen and oxygen atoms in total. The largest absolute Gasteiger partial charge is 0.748 e. The summed E-state index contributed by atoms with van der Waals surface area (Å²) in [7, 11) is -1.42. The van der Waals surface area contributed by atoms with Crippen LogP contribution in [0.1, 0.15) is 61.4 Å². The molecule has 38 heavy (non-hydrogen) atoms. The van der Waals surface area contributed by atoms with E-state index in [-0.39, 0.29) is 10.9 Å². The van der Waals surface area contributed by atoms with Gasteiger partial charge >= 0.3 is 5.12 Å². The first-order chi connectivity index (χ1) is 18.2. The van der Waals surface area contributed by atoms with Crippen molar-refractivity contribution in [3.63, 3.8) is 0 Å². The number of methoxy groups -OCH3 is 2. The number of hydrogen-bond donors (Lipinski definition) is 0. The van der Waals surface area contributed by atoms with Gasteiger partial charge in [-0.15, -0.1) is 0 Å². The second kappa shape index (κ2) is 16.2. The Morgan fingerprint density at radius 3 is 1.61 bits per heavy atom. The summed E-state index contributed by atoms with van der Waals surface area (Å²) in [4.78, 5) is 15.2. The Morgan fingerprint density at radius 1 is 0.737 bits per heavy atom. The van der Waals surface area contributed by atoms with Crippen LogP contribution in [0.15, 0.2) is 82.6 Å². The molecule has 0 radical (unpaired) electrons. The van der Waals surface area contributed by atoms with Crippen LogP contribution in [0.25, 0.3) is 0 Å². The third-order valence-corrected chi connectivity index (χ3v) is 8.69. The highest BCUT2D eigenvalue weighted by molar-refractivity contribution is 8.11. The van der Waals surface area contributed by atoms with Crippen LogP contribution >= 0.6 is 0 Å². The van der Waals surface area contributed by atoms with Gasteiger partial charge in [0.05, 0.1) is 29.9 Å². The zero-order valence-corrected chi connectivity index (χ0v) is 24.3. The second-order valence-electron chi connectivity index (χ2n) is 8.84. The van der Waals surface area contributed by atoms with Gasteiger partial charge in [0.25, 0.3) is 0 Å². The summed E-state index contributed by atoms with van der Waals surface area (Å²) in [5, 5.41) is 0.0975. The molecule has 206 valence electrons. The van der Waals surface area contributed by atoms with Crippen molar-refractivity contribution in [2.24, 2.45) is 0 Å². The molecule has 3 aromatic rings. The Hall–Kier alpha value is -2.81. The molecule has 0 amide bonds. The van der Waals surface area contributed by atoms with Gasteiger partial charge in [-0.3, -0.25) is 0 Å². The smallest absolute Gasteiger partial charge is 0.373 e. The average Bonchev–Trinajstić information content (AvgIpc) is 2.92. The summed E-state index contributed by atoms with van der Waals surface area (Å²) < 4.78 is 41.0. The molecule has 0 aliphatic rings. The fraction of sp³-hybridized carbons (Fsp3) is 0.367. The van der Waals surface area contributed by atoms with Crippen molar-refractivity contribution in [1.29, 1.82) is 0 Å². The maximum absolute atomic E-state index is 13.3. The van der Waals surface area contributed by atoms with Crippen molar-refractivity contribution in [3.05, 3.63) is 83.9 Å². The van der Waals surface area contributed by atoms with Crippen LogP contribution < -0.4 is 9.47 Å². The first-order valence-electron chi connectivity index (χ1n) is 12.8. The standard InChI is InChI=1S/C22H21O3S.C8H18O3S/c1-16-4-6-17(7-5-16)22(23)26(20-12-8-18(24-2)9-13-20)21-14-10-19(25-3)11-15-21;1-2-3-4-5-6-7-8-12(9,10)11/h4-15H,1-3H3;2-8H2,1H3,(H,9,10,11)/q+1;/p-1. The predicted molar refractivity (Wildman–Crippen MR) is 153 cm³/mol. The SMILES string of the molecule is CCCCCCCCS(=O)(=O)[O-].COc1ccc([S+](C(=O)c2ccc(C)cc2)c2ccc(OC)cc2)cc1. The fourth-order valence-electron chi connectivity index (χ4n) is 3.64. The topological polar surface area (TPSA) is 92.7 Å². The van der Waals surface area contributed by atoms with Crippen molar-refractivity contribution < 1.29 is 27.2 Å². The van der Waals surface area contributed by atoms with Gasteiger partial charge in [-0.2, -0.15) is 0 Å². The van der Waals surface area contributed by atoms with Gasteiger partial charge in [0.1, 0.15) is 22.4 Å². The Kier molecular flexibility index (Phi) is 13.4. The zero-order valence-electron chi connectivity index (χ0n) is 22.6. The van der Waals surface area contributed by atoms with E-state index < -0.39 is 21.0 Å². The lowest BCUT2D eigenvalue weighted by Crippen LogP contribution is -2.16. The summed E-state index contributed by atoms with van der Waals surface area (Å²) in [5.41, 5.74) is 1.85. The van der Waals surface area contributed by atoms with E-state index in [4.69, 9.17) is 9.47 Å². The molecule has 0 saturated carbocycles. The van der Waals surface area contributed by atoms with Gasteiger partial charge < -0.3 is 14.0 Å². The van der Waals surface area contributed by atoms with Crippen molar-refractivity contribution in [2.45, 2.75) is 62.2 Å². The summed E-state index contributed by atoms with van der Waals surface area (Å²) in [5.74, 6) is 1.35. The minimum absolute atomic E-state index is 0.0975. The number of rotatable bonds is 12. The van der Waals surface area contributed by atoms with Gasteiger partial charge in [0.2, 0.25) is 0 Å². The molecule has 8 heteroatoms. The number of carbonyl (C=O) groups excluding carboxylic acids is 1. The van der Waals surface area contributed by atoms with Crippen LogP contribution in [-0.4, -0.2) is 38.1 Å². The molecule has 0 aliphatic heterocycles. The van der Waals surface area contributed by atoms with E-state index in [1.807, 2.05) is 79.7 Å². The maximum atomic E-state index is 13.3. The van der Waals surface area contributed by atoms with E-state index >= 15 is 0 Å². The average molecular weight is 559 g/mol. The summed E-state index contributed by atoms with van der Waals surface area (Å²) >= 11 is 0. The highest BCUT2D eigenvalue weighted by Crippen LogP contribution is 2.30. The monoisotopic (exact) mass is 558 g/mol. The normalized spacial score (nSPS) is 11.0. The Morgan fingerprint density at radius 2 is 1.18 bits per heavy atom. The minimum Gasteiger partial charge on any atom is -0.748 e. The molecule has 0 aliphatic carbocycles. The van der Waals surface area contributed by atoms with Gasteiger partial charge in [-0.05, 0) is 74.0 Å². The molecule has 0 aromatic heterocycles. The Balaban J connectivity index is 0.000000358. The third kappa shape index (κ3) is 10.9. The Bertz CT molecular complexity index is 1160. The summed E-state index contributed by atoms with van der Waals surface area (Å²) in [6.07, 6.45) is 5.96. The lowest BCUT2D eigenvalue weighted by atomic mass is 10.1. The number of hydrogen-bond acceptors (Lipinski definition) is 6. The lowest BCUT2D eigenvalue weighted by molar-refractivity contribution is 0.108. The molecule has 3 aromatic carbocycles. The molecule has 0 spiro atoms. The number of ether oxygens (including phenoxy) is 2. The van der Waals surface area contributed by atoms with Crippen LogP contribution in [-0.2, 0) is 21.0 Å². The Labute approximate surface area is 230 Å². The number of unbranched alkanes of at least 4 members (excludes halogenated alkanes) is 5. The summed E-state index contributed by atoms with van der Waals surface area (Å²) in [6, 6.07) is 23.1. The summed E-state index contributed by atoms with van der Waals surface area (Å²) in [6.45, 7) is 4.14. The van der Waals surface area contributed by atoms with E-state index in [0.29, 0.717) is 12.0 Å². The highest BCUT2D eigenvalue weighted by atomic mass is 32.2. The molecular formula is C30H38O6S2. The van der Waals surface area contributed by atoms with E-state index in [9.17, 15) is 17.8 Å². The second-order valence-corrected chi connectivity index (χ2v) is 12.3. The molecule has 0 atom stereocenters. The number of benzene rings is 3. The van der Waals surface area contributed by atoms with Crippen molar-refractivity contribution in [1.82, 2.24) is 0 Å². The van der Waals surface area contributed by atoms with Crippen molar-refractivity contribution in [3.8, 4) is 11.5 Å². The van der Waals surface area contributed by atoms with E-state index in [2.05, 4.69) is 6.92 Å². The lowest BCUT2D eigenvalue weighted by Gasteiger charge is -2.08. The molecule has 0 unspecified atom stereocenters. The molecule has 0 bridgehead atoms. The van der Waals surface area contributed by atoms with Crippen LogP contribution in [0.5, 0.6) is 11.5 Å². The third-order valence-electron chi connectivity index (χ3n) is 5.81. The van der Waals surface area contributed by atoms with E-state index in [1.165, 1.54) is 12.8 Å². The van der Waals surface area contributed by atoms with Gasteiger partial charge in [0, 0.05) is 5.75 Å². The van der Waals surface area contributed by atoms with Crippen LogP contribution in [0.2, 0.25) is 0 Å². The molecule has 0 saturated heterocycles. The first kappa shape index (κ1) is 31.4. The number of carbonyl (C=O) groups is 1. The molecular weight excluding hydrogens is 520 g/mol. The molecule has 3 rings (SSSR count). The van der Waals surface area contributed by atoms with Crippen LogP contribution in [0.4, 0.5) is 0 Å². The van der Waals surface area contributed by atoms with Crippen LogP contribution in [0.3, 0.4) is 0 Å². The van der Waals surface area contributed by atoms with Gasteiger partial charge in [0.15, 0.2) is 9.79 Å². The molecule has 0 fully saturated rings. The van der Waals surface area contributed by atoms with Crippen molar-refractivity contribution in [2.75, 3.05) is 20.0 Å². The fourth-order valence-corrected chi connectivity index (χ4v) is 6.09. The predicted octanol–water partition coefficient (Wildman–Crippen LogP) is 6.78. The highest BCUT2D eigenvalue weighted by Gasteiger charge is 2.36. The van der Waals surface area contributed by atoms with Gasteiger partial charge in [-0.25, -0.2) is 13.2 Å². The zero-order chi connectivity index (χ0) is 28.0. The first-order valence-corrected chi connectivity index (χ1v) is 15.6. The van der Waals surface area contributed by atoms with Crippen LogP contribution in [0, 0.1) is 6.92 Å². The minimum atomic E-state index is -3.97. The van der Waals surface area contributed by atoms with Crippen molar-refractivity contribution >= 4 is 26.1 Å². The molecule has 0 heterocycles. The quantitative estimate of drug-likeness (QED) is 0.138. The maximum Gasteiger partial charge on any atom is 0.373 e. The van der Waals surface area contributed by atoms with E-state index in [1.54, 1.807) is 14.2 Å². The van der Waals surface area contributed by atoms with Gasteiger partial charge in [-0.1, -0.05) is 56.7 Å². The number of aryl methyl sites for hydroxylation is 1.